The summed E-state index contributed by atoms with van der Waals surface area (Å²) in [5.41, 5.74) is 5.79. The quantitative estimate of drug-likeness (QED) is 0.150. The van der Waals surface area contributed by atoms with E-state index in [0.717, 1.165) is 76.1 Å². The zero-order valence-electron chi connectivity index (χ0n) is 31.3. The number of carbonyl (C=O) groups is 4. The molecule has 0 bridgehead atoms. The molecule has 4 N–H and O–H groups in total. The maximum absolute atomic E-state index is 13.5. The third-order valence-corrected chi connectivity index (χ3v) is 13.9. The Labute approximate surface area is 328 Å². The van der Waals surface area contributed by atoms with Gasteiger partial charge in [-0.3, -0.25) is 9.59 Å². The Morgan fingerprint density at radius 3 is 1.91 bits per heavy atom. The zero-order chi connectivity index (χ0) is 38.7. The summed E-state index contributed by atoms with van der Waals surface area (Å²) in [6.07, 6.45) is 4.77. The Morgan fingerprint density at radius 2 is 1.36 bits per heavy atom. The smallest absolute Gasteiger partial charge is 0.407 e. The highest BCUT2D eigenvalue weighted by molar-refractivity contribution is 8.21. The predicted octanol–water partition coefficient (Wildman–Crippen LogP) is 5.98. The van der Waals surface area contributed by atoms with Gasteiger partial charge in [0.05, 0.1) is 54.2 Å². The van der Waals surface area contributed by atoms with Crippen LogP contribution in [0.4, 0.5) is 9.59 Å². The van der Waals surface area contributed by atoms with Gasteiger partial charge in [-0.15, -0.1) is 23.5 Å². The van der Waals surface area contributed by atoms with Crippen LogP contribution >= 0.6 is 23.5 Å². The fourth-order valence-corrected chi connectivity index (χ4v) is 10.8. The molecule has 3 aliphatic heterocycles. The summed E-state index contributed by atoms with van der Waals surface area (Å²) in [5.74, 6) is 3.14. The molecule has 4 aromatic rings. The van der Waals surface area contributed by atoms with Crippen molar-refractivity contribution in [2.45, 2.75) is 55.3 Å². The van der Waals surface area contributed by atoms with Crippen LogP contribution in [-0.2, 0) is 19.1 Å². The van der Waals surface area contributed by atoms with E-state index in [-0.39, 0.29) is 40.4 Å². The van der Waals surface area contributed by atoms with Crippen molar-refractivity contribution >= 4 is 47.5 Å². The molecule has 3 fully saturated rings. The third-order valence-electron chi connectivity index (χ3n) is 10.5. The van der Waals surface area contributed by atoms with E-state index in [0.29, 0.717) is 13.1 Å². The van der Waals surface area contributed by atoms with Gasteiger partial charge in [-0.05, 0) is 41.0 Å². The second-order valence-corrected chi connectivity index (χ2v) is 17.5. The highest BCUT2D eigenvalue weighted by Gasteiger charge is 2.50. The number of methoxy groups -OCH3 is 2. The topological polar surface area (TPSA) is 175 Å². The van der Waals surface area contributed by atoms with Crippen LogP contribution in [0.15, 0.2) is 60.9 Å². The highest BCUT2D eigenvalue weighted by atomic mass is 32.2. The first kappa shape index (κ1) is 38.3. The van der Waals surface area contributed by atoms with Gasteiger partial charge in [0.2, 0.25) is 11.8 Å². The van der Waals surface area contributed by atoms with E-state index < -0.39 is 18.2 Å². The van der Waals surface area contributed by atoms with Crippen molar-refractivity contribution in [1.29, 1.82) is 0 Å². The molecule has 290 valence electrons. The lowest BCUT2D eigenvalue weighted by Gasteiger charge is -2.30. The van der Waals surface area contributed by atoms with Crippen LogP contribution in [0.2, 0.25) is 0 Å². The van der Waals surface area contributed by atoms with Gasteiger partial charge in [-0.1, -0.05) is 62.4 Å². The molecule has 16 heteroatoms. The molecule has 0 aliphatic carbocycles. The zero-order valence-corrected chi connectivity index (χ0v) is 32.9. The maximum atomic E-state index is 13.5. The van der Waals surface area contributed by atoms with Gasteiger partial charge in [0.25, 0.3) is 0 Å². The summed E-state index contributed by atoms with van der Waals surface area (Å²) in [6, 6.07) is 15.4. The van der Waals surface area contributed by atoms with Gasteiger partial charge in [-0.25, -0.2) is 19.6 Å². The number of nitrogens with one attached hydrogen (secondary N) is 4. The largest absolute Gasteiger partial charge is 0.453 e. The minimum absolute atomic E-state index is 0.0735. The molecule has 3 atom stereocenters. The van der Waals surface area contributed by atoms with Gasteiger partial charge in [0, 0.05) is 31.0 Å². The summed E-state index contributed by atoms with van der Waals surface area (Å²) in [5, 5.41) is 5.22. The lowest BCUT2D eigenvalue weighted by Crippen LogP contribution is -2.51. The number of imidazole rings is 2. The number of amides is 4. The number of benzene rings is 2. The van der Waals surface area contributed by atoms with Crippen LogP contribution in [0.3, 0.4) is 0 Å². The van der Waals surface area contributed by atoms with E-state index in [1.807, 2.05) is 53.4 Å². The second kappa shape index (κ2) is 16.4. The number of likely N-dealkylation sites (tertiary alicyclic amines) is 2. The molecule has 55 heavy (non-hydrogen) atoms. The summed E-state index contributed by atoms with van der Waals surface area (Å²) >= 11 is 3.79. The minimum atomic E-state index is -0.687. The summed E-state index contributed by atoms with van der Waals surface area (Å²) in [4.78, 5) is 70.4. The number of thioether (sulfide) groups is 2. The lowest BCUT2D eigenvalue weighted by molar-refractivity contribution is -0.135. The van der Waals surface area contributed by atoms with Gasteiger partial charge in [0.1, 0.15) is 24.2 Å². The maximum Gasteiger partial charge on any atom is 0.407 e. The molecule has 1 spiro atoms. The molecule has 14 nitrogen and oxygen atoms in total. The van der Waals surface area contributed by atoms with Crippen molar-refractivity contribution in [3.63, 3.8) is 0 Å². The molecular weight excluding hydrogens is 741 g/mol. The predicted molar refractivity (Wildman–Crippen MR) is 212 cm³/mol. The first-order valence-electron chi connectivity index (χ1n) is 18.4. The molecule has 5 heterocycles. The van der Waals surface area contributed by atoms with Crippen LogP contribution in [-0.4, -0.2) is 109 Å². The van der Waals surface area contributed by atoms with Crippen LogP contribution in [0.1, 0.15) is 56.8 Å². The van der Waals surface area contributed by atoms with E-state index in [4.69, 9.17) is 9.72 Å². The normalized spacial score (nSPS) is 19.5. The van der Waals surface area contributed by atoms with Crippen LogP contribution in [0, 0.1) is 5.92 Å². The molecule has 4 amide bonds. The molecule has 7 rings (SSSR count). The molecule has 3 aliphatic rings. The fourth-order valence-electron chi connectivity index (χ4n) is 7.56. The van der Waals surface area contributed by atoms with E-state index in [9.17, 15) is 19.2 Å². The number of hydrogen-bond donors (Lipinski definition) is 4. The van der Waals surface area contributed by atoms with Crippen LogP contribution < -0.4 is 10.6 Å². The monoisotopic (exact) mass is 786 g/mol. The van der Waals surface area contributed by atoms with E-state index in [2.05, 4.69) is 78.9 Å². The Balaban J connectivity index is 1.01. The Kier molecular flexibility index (Phi) is 11.4. The average molecular weight is 787 g/mol. The number of hydrogen-bond acceptors (Lipinski definition) is 10. The molecule has 3 saturated heterocycles. The number of H-pyrrole nitrogens is 2. The SMILES string of the molecule is COC(=O)NCC(=O)N1CC2(C[C@H]1c1ncc(-c3ccc(-c4ccc(-c5cnc([C@@H]6CCCN6C(=O)C(NC(=O)OC)C(C)C)[nH]5)cc4)cc3)[nH]1)SCCS2. The highest BCUT2D eigenvalue weighted by Crippen LogP contribution is 2.55. The molecular formula is C39H46N8O6S2. The molecule has 0 radical (unpaired) electrons. The Bertz CT molecular complexity index is 2010. The first-order chi connectivity index (χ1) is 26.6. The van der Waals surface area contributed by atoms with Gasteiger partial charge < -0.3 is 39.9 Å². The average Bonchev–Trinajstić information content (AvgIpc) is 4.06. The van der Waals surface area contributed by atoms with Crippen molar-refractivity contribution in [1.82, 2.24) is 40.4 Å². The number of ether oxygens (including phenoxy) is 2. The molecule has 2 aromatic carbocycles. The third kappa shape index (κ3) is 8.20. The van der Waals surface area contributed by atoms with Crippen LogP contribution in [0.5, 0.6) is 0 Å². The summed E-state index contributed by atoms with van der Waals surface area (Å²) in [6.45, 7) is 4.86. The fraction of sp³-hybridized carbons (Fsp3) is 0.436. The van der Waals surface area contributed by atoms with Crippen molar-refractivity contribution in [3.05, 3.63) is 72.6 Å². The number of carbonyl (C=O) groups excluding carboxylic acids is 4. The Morgan fingerprint density at radius 1 is 0.818 bits per heavy atom. The van der Waals surface area contributed by atoms with Crippen LogP contribution in [0.25, 0.3) is 33.6 Å². The molecule has 1 unspecified atom stereocenters. The van der Waals surface area contributed by atoms with Crippen molar-refractivity contribution < 1.29 is 28.7 Å². The summed E-state index contributed by atoms with van der Waals surface area (Å²) in [7, 11) is 2.57. The number of aromatic nitrogens is 4. The van der Waals surface area contributed by atoms with Crippen molar-refractivity contribution in [2.75, 3.05) is 45.4 Å². The van der Waals surface area contributed by atoms with Crippen molar-refractivity contribution in [3.8, 4) is 33.6 Å². The number of rotatable bonds is 10. The number of nitrogens with zero attached hydrogens (tertiary/aromatic N) is 4. The lowest BCUT2D eigenvalue weighted by atomic mass is 10.0. The second-order valence-electron chi connectivity index (χ2n) is 14.3. The summed E-state index contributed by atoms with van der Waals surface area (Å²) < 4.78 is 9.34. The van der Waals surface area contributed by atoms with Gasteiger partial charge >= 0.3 is 12.2 Å². The number of aromatic amines is 2. The molecule has 2 aromatic heterocycles. The van der Waals surface area contributed by atoms with E-state index in [1.165, 1.54) is 14.2 Å². The molecule has 0 saturated carbocycles. The minimum Gasteiger partial charge on any atom is -0.453 e. The van der Waals surface area contributed by atoms with E-state index in [1.54, 1.807) is 6.20 Å². The van der Waals surface area contributed by atoms with Crippen molar-refractivity contribution in [2.24, 2.45) is 5.92 Å². The standard InChI is InChI=1S/C39H46N8O6S2/c1-23(2)33(45-38(51)53-4)36(49)46-15-5-6-30(46)34-40-19-28(43-34)26-11-7-24(8-12-26)25-9-13-27(14-10-25)29-20-41-35(44-29)31-18-39(54-16-17-55-39)22-47(31)32(48)21-42-37(50)52-3/h7-14,19-20,23,30-31,33H,5-6,15-18,21-22H2,1-4H3,(H,40,43)(H,41,44)(H,42,50)(H,45,51)/t30-,31-,33?/m0/s1. The van der Waals surface area contributed by atoms with E-state index >= 15 is 0 Å². The Hall–Kier alpha value is -4.96. The van der Waals surface area contributed by atoms with Gasteiger partial charge in [-0.2, -0.15) is 0 Å². The van der Waals surface area contributed by atoms with Gasteiger partial charge in [0.15, 0.2) is 0 Å². The first-order valence-corrected chi connectivity index (χ1v) is 20.4. The number of alkyl carbamates (subject to hydrolysis) is 2.